The number of Topliss-reactive ketones (excluding diaryl/α,β-unsaturated/α-hetero) is 1. The fraction of sp³-hybridized carbons (Fsp3) is 0.318. The molecular formula is C22H19FN6O3. The molecule has 0 aliphatic carbocycles. The Kier molecular flexibility index (Phi) is 4.46. The van der Waals surface area contributed by atoms with Crippen LogP contribution in [0.2, 0.25) is 0 Å². The number of carbonyl (C=O) groups excluding carboxylic acids is 1. The number of hydrogen-bond donors (Lipinski definition) is 1. The quantitative estimate of drug-likeness (QED) is 0.571. The molecular weight excluding hydrogens is 415 g/mol. The van der Waals surface area contributed by atoms with Crippen molar-refractivity contribution in [3.05, 3.63) is 52.7 Å². The van der Waals surface area contributed by atoms with E-state index in [4.69, 9.17) is 15.2 Å². The minimum atomic E-state index is -0.897. The summed E-state index contributed by atoms with van der Waals surface area (Å²) in [7, 11) is 1.65. The number of ether oxygens (including phenoxy) is 2. The normalized spacial score (nSPS) is 18.9. The van der Waals surface area contributed by atoms with Crippen LogP contribution in [0.1, 0.15) is 40.3 Å². The number of nitrogens with zero attached hydrogens (tertiary/aromatic N) is 5. The topological polar surface area (TPSA) is 129 Å². The van der Waals surface area contributed by atoms with Gasteiger partial charge >= 0.3 is 0 Å². The molecule has 0 radical (unpaired) electrons. The molecule has 1 fully saturated rings. The van der Waals surface area contributed by atoms with Crippen molar-refractivity contribution in [1.82, 2.24) is 19.7 Å². The molecule has 1 atom stereocenters. The summed E-state index contributed by atoms with van der Waals surface area (Å²) >= 11 is 0. The molecule has 5 rings (SSSR count). The molecule has 0 saturated carbocycles. The number of ketones is 1. The van der Waals surface area contributed by atoms with Crippen LogP contribution in [-0.4, -0.2) is 38.7 Å². The third kappa shape index (κ3) is 2.93. The van der Waals surface area contributed by atoms with Crippen molar-refractivity contribution >= 4 is 11.6 Å². The highest BCUT2D eigenvalue weighted by Crippen LogP contribution is 2.41. The summed E-state index contributed by atoms with van der Waals surface area (Å²) in [4.78, 5) is 22.4. The summed E-state index contributed by atoms with van der Waals surface area (Å²) in [6.45, 7) is 2.06. The average molecular weight is 434 g/mol. The lowest BCUT2D eigenvalue weighted by atomic mass is 9.73. The number of benzene rings is 1. The molecule has 3 aromatic rings. The first-order valence-corrected chi connectivity index (χ1v) is 10.0. The first kappa shape index (κ1) is 20.1. The number of aryl methyl sites for hydroxylation is 1. The van der Waals surface area contributed by atoms with Gasteiger partial charge in [0, 0.05) is 24.6 Å². The molecule has 2 aliphatic heterocycles. The monoisotopic (exact) mass is 434 g/mol. The Morgan fingerprint density at radius 2 is 2.16 bits per heavy atom. The van der Waals surface area contributed by atoms with Gasteiger partial charge in [0.1, 0.15) is 23.7 Å². The van der Waals surface area contributed by atoms with Crippen molar-refractivity contribution in [2.24, 2.45) is 12.5 Å². The van der Waals surface area contributed by atoms with Gasteiger partial charge in [-0.2, -0.15) is 10.4 Å². The molecule has 1 unspecified atom stereocenters. The predicted molar refractivity (Wildman–Crippen MR) is 110 cm³/mol. The van der Waals surface area contributed by atoms with Crippen LogP contribution in [-0.2, 0) is 18.2 Å². The predicted octanol–water partition coefficient (Wildman–Crippen LogP) is 2.37. The standard InChI is InChI=1S/C22H19FN6O3/c1-11-14-5-12(23)3-4-13(14)19(30)22(9-31-10-22)6-15-18(17(7-24)29(2)28-15)16-8-26-20(25)21(27-16)32-11/h3-5,8,11H,6,9-10H2,1-2H3,(H2,25,26). The summed E-state index contributed by atoms with van der Waals surface area (Å²) in [5, 5.41) is 14.3. The van der Waals surface area contributed by atoms with E-state index in [2.05, 4.69) is 21.1 Å². The van der Waals surface area contributed by atoms with E-state index in [0.717, 1.165) is 0 Å². The second kappa shape index (κ2) is 7.10. The van der Waals surface area contributed by atoms with Gasteiger partial charge in [-0.3, -0.25) is 9.48 Å². The average Bonchev–Trinajstić information content (AvgIpc) is 3.05. The first-order valence-electron chi connectivity index (χ1n) is 10.0. The van der Waals surface area contributed by atoms with Crippen molar-refractivity contribution in [3.63, 3.8) is 0 Å². The molecule has 9 nitrogen and oxygen atoms in total. The van der Waals surface area contributed by atoms with E-state index in [0.29, 0.717) is 28.1 Å². The van der Waals surface area contributed by atoms with E-state index in [1.165, 1.54) is 29.1 Å². The van der Waals surface area contributed by atoms with Gasteiger partial charge in [0.2, 0.25) is 0 Å². The third-order valence-corrected chi connectivity index (χ3v) is 5.98. The van der Waals surface area contributed by atoms with E-state index >= 15 is 0 Å². The van der Waals surface area contributed by atoms with Gasteiger partial charge in [-0.05, 0) is 25.1 Å². The smallest absolute Gasteiger partial charge is 0.258 e. The lowest BCUT2D eigenvalue weighted by Gasteiger charge is -2.40. The van der Waals surface area contributed by atoms with Crippen molar-refractivity contribution in [3.8, 4) is 23.2 Å². The van der Waals surface area contributed by atoms with Crippen LogP contribution < -0.4 is 10.5 Å². The molecule has 32 heavy (non-hydrogen) atoms. The Labute approximate surface area is 182 Å². The Hall–Kier alpha value is -3.84. The molecule has 2 N–H and O–H groups in total. The fourth-order valence-electron chi connectivity index (χ4n) is 4.27. The number of aromatic nitrogens is 4. The number of carbonyl (C=O) groups is 1. The molecule has 2 aromatic heterocycles. The first-order chi connectivity index (χ1) is 15.3. The molecule has 2 bridgehead atoms. The largest absolute Gasteiger partial charge is 0.467 e. The van der Waals surface area contributed by atoms with Crippen LogP contribution in [0.15, 0.2) is 24.4 Å². The zero-order valence-electron chi connectivity index (χ0n) is 17.4. The Bertz CT molecular complexity index is 1310. The van der Waals surface area contributed by atoms with Gasteiger partial charge in [-0.25, -0.2) is 14.4 Å². The highest BCUT2D eigenvalue weighted by Gasteiger charge is 2.48. The van der Waals surface area contributed by atoms with E-state index in [9.17, 15) is 14.4 Å². The summed E-state index contributed by atoms with van der Waals surface area (Å²) < 4.78 is 27.0. The fourth-order valence-corrected chi connectivity index (χ4v) is 4.27. The number of rotatable bonds is 0. The van der Waals surface area contributed by atoms with Crippen LogP contribution in [0.25, 0.3) is 11.3 Å². The van der Waals surface area contributed by atoms with Gasteiger partial charge in [-0.1, -0.05) is 0 Å². The van der Waals surface area contributed by atoms with Gasteiger partial charge in [0.05, 0.1) is 41.8 Å². The molecule has 162 valence electrons. The molecule has 4 heterocycles. The number of nitrogen functional groups attached to an aromatic ring is 1. The lowest BCUT2D eigenvalue weighted by molar-refractivity contribution is -0.0870. The summed E-state index contributed by atoms with van der Waals surface area (Å²) in [5.41, 5.74) is 7.42. The van der Waals surface area contributed by atoms with Crippen LogP contribution in [0, 0.1) is 22.6 Å². The van der Waals surface area contributed by atoms with Gasteiger partial charge in [-0.15, -0.1) is 0 Å². The molecule has 10 heteroatoms. The maximum absolute atomic E-state index is 14.1. The van der Waals surface area contributed by atoms with E-state index in [-0.39, 0.29) is 42.8 Å². The zero-order valence-corrected chi connectivity index (χ0v) is 17.4. The number of hydrogen-bond acceptors (Lipinski definition) is 8. The second-order valence-corrected chi connectivity index (χ2v) is 8.12. The Morgan fingerprint density at radius 1 is 1.38 bits per heavy atom. The molecule has 0 amide bonds. The van der Waals surface area contributed by atoms with E-state index in [1.807, 2.05) is 0 Å². The maximum Gasteiger partial charge on any atom is 0.258 e. The summed E-state index contributed by atoms with van der Waals surface area (Å²) in [6.07, 6.45) is 0.932. The number of halogens is 1. The lowest BCUT2D eigenvalue weighted by Crippen LogP contribution is -2.51. The molecule has 1 saturated heterocycles. The Morgan fingerprint density at radius 3 is 2.84 bits per heavy atom. The van der Waals surface area contributed by atoms with Crippen LogP contribution >= 0.6 is 0 Å². The van der Waals surface area contributed by atoms with Crippen LogP contribution in [0.5, 0.6) is 5.88 Å². The van der Waals surface area contributed by atoms with Crippen LogP contribution in [0.3, 0.4) is 0 Å². The number of nitrogens with two attached hydrogens (primary N) is 1. The zero-order chi connectivity index (χ0) is 22.6. The summed E-state index contributed by atoms with van der Waals surface area (Å²) in [5.74, 6) is -0.613. The van der Waals surface area contributed by atoms with E-state index < -0.39 is 17.3 Å². The minimum Gasteiger partial charge on any atom is -0.467 e. The van der Waals surface area contributed by atoms with Crippen molar-refractivity contribution < 1.29 is 18.7 Å². The third-order valence-electron chi connectivity index (χ3n) is 5.98. The number of anilines is 1. The highest BCUT2D eigenvalue weighted by atomic mass is 19.1. The maximum atomic E-state index is 14.1. The summed E-state index contributed by atoms with van der Waals surface area (Å²) in [6, 6.07) is 6.14. The number of nitriles is 1. The van der Waals surface area contributed by atoms with Gasteiger partial charge < -0.3 is 15.2 Å². The van der Waals surface area contributed by atoms with Gasteiger partial charge in [0.25, 0.3) is 5.88 Å². The van der Waals surface area contributed by atoms with Crippen molar-refractivity contribution in [1.29, 1.82) is 5.26 Å². The molecule has 1 aromatic carbocycles. The second-order valence-electron chi connectivity index (χ2n) is 8.12. The molecule has 1 spiro atoms. The SMILES string of the molecule is CC1Oc2nc(cnc2N)-c2c(nn(C)c2C#N)CC2(COC2)C(=O)c2ccc(F)cc21. The highest BCUT2D eigenvalue weighted by molar-refractivity contribution is 6.03. The van der Waals surface area contributed by atoms with Gasteiger partial charge in [0.15, 0.2) is 11.6 Å². The van der Waals surface area contributed by atoms with Crippen molar-refractivity contribution in [2.75, 3.05) is 18.9 Å². The van der Waals surface area contributed by atoms with E-state index in [1.54, 1.807) is 14.0 Å². The Balaban J connectivity index is 1.79. The van der Waals surface area contributed by atoms with Crippen molar-refractivity contribution in [2.45, 2.75) is 19.4 Å². The molecule has 2 aliphatic rings. The number of fused-ring (bicyclic) bond motifs is 5. The van der Waals surface area contributed by atoms with Crippen LogP contribution in [0.4, 0.5) is 10.2 Å². The minimum absolute atomic E-state index is 0.0265.